The maximum absolute atomic E-state index is 12.4. The fourth-order valence-electron chi connectivity index (χ4n) is 2.38. The molecule has 2 rings (SSSR count). The van der Waals surface area contributed by atoms with Crippen LogP contribution in [0.1, 0.15) is 25.0 Å². The molecule has 0 heterocycles. The van der Waals surface area contributed by atoms with Crippen LogP contribution in [0.25, 0.3) is 0 Å². The number of nitrogens with zero attached hydrogens (tertiary/aromatic N) is 1. The van der Waals surface area contributed by atoms with E-state index in [-0.39, 0.29) is 11.9 Å². The zero-order valence-corrected chi connectivity index (χ0v) is 14.6. The Balaban J connectivity index is 2.00. The zero-order chi connectivity index (χ0) is 16.8. The Hall–Kier alpha value is -1.84. The minimum Gasteiger partial charge on any atom is -0.325 e. The molecule has 0 aromatic heterocycles. The molecule has 0 unspecified atom stereocenters. The number of benzene rings is 2. The van der Waals surface area contributed by atoms with Crippen molar-refractivity contribution in [3.05, 3.63) is 64.7 Å². The molecular formula is C19H23ClN2O. The summed E-state index contributed by atoms with van der Waals surface area (Å²) < 4.78 is 0. The van der Waals surface area contributed by atoms with Gasteiger partial charge in [-0.3, -0.25) is 9.69 Å². The average molecular weight is 331 g/mol. The van der Waals surface area contributed by atoms with Gasteiger partial charge >= 0.3 is 0 Å². The van der Waals surface area contributed by atoms with Crippen molar-refractivity contribution < 1.29 is 4.79 Å². The van der Waals surface area contributed by atoms with Crippen LogP contribution in [0.2, 0.25) is 5.02 Å². The zero-order valence-electron chi connectivity index (χ0n) is 13.8. The first kappa shape index (κ1) is 17.5. The van der Waals surface area contributed by atoms with Crippen LogP contribution in [0, 0.1) is 6.92 Å². The maximum Gasteiger partial charge on any atom is 0.238 e. The molecule has 122 valence electrons. The van der Waals surface area contributed by atoms with Gasteiger partial charge < -0.3 is 5.32 Å². The normalized spacial score (nSPS) is 11.0. The molecule has 2 aromatic carbocycles. The number of carbonyl (C=O) groups excluding carboxylic acids is 1. The molecule has 0 radical (unpaired) electrons. The fourth-order valence-corrected chi connectivity index (χ4v) is 2.61. The van der Waals surface area contributed by atoms with Gasteiger partial charge in [0.2, 0.25) is 5.91 Å². The highest BCUT2D eigenvalue weighted by Gasteiger charge is 2.15. The Morgan fingerprint density at radius 1 is 1.17 bits per heavy atom. The number of carbonyl (C=O) groups is 1. The number of rotatable bonds is 6. The second-order valence-corrected chi connectivity index (χ2v) is 6.43. The van der Waals surface area contributed by atoms with E-state index < -0.39 is 0 Å². The van der Waals surface area contributed by atoms with Gasteiger partial charge in [-0.2, -0.15) is 0 Å². The molecule has 0 saturated heterocycles. The third-order valence-electron chi connectivity index (χ3n) is 3.77. The van der Waals surface area contributed by atoms with Crippen molar-refractivity contribution in [1.82, 2.24) is 4.90 Å². The van der Waals surface area contributed by atoms with Crippen LogP contribution in [-0.2, 0) is 11.3 Å². The molecule has 0 saturated carbocycles. The van der Waals surface area contributed by atoms with Crippen molar-refractivity contribution in [3.63, 3.8) is 0 Å². The van der Waals surface area contributed by atoms with E-state index in [2.05, 4.69) is 36.2 Å². The lowest BCUT2D eigenvalue weighted by molar-refractivity contribution is -0.117. The first-order valence-electron chi connectivity index (χ1n) is 7.79. The number of hydrogen-bond donors (Lipinski definition) is 1. The van der Waals surface area contributed by atoms with Crippen molar-refractivity contribution in [1.29, 1.82) is 0 Å². The Kier molecular flexibility index (Phi) is 6.20. The lowest BCUT2D eigenvalue weighted by atomic mass is 10.2. The number of nitrogens with one attached hydrogen (secondary N) is 1. The number of amides is 1. The van der Waals surface area contributed by atoms with Crippen molar-refractivity contribution in [2.45, 2.75) is 33.4 Å². The Bertz CT molecular complexity index is 656. The second kappa shape index (κ2) is 8.14. The SMILES string of the molecule is Cc1cc(Cl)ccc1NC(=O)CN(Cc1ccccc1)C(C)C. The molecule has 0 atom stereocenters. The smallest absolute Gasteiger partial charge is 0.238 e. The largest absolute Gasteiger partial charge is 0.325 e. The van der Waals surface area contributed by atoms with Gasteiger partial charge in [0.1, 0.15) is 0 Å². The summed E-state index contributed by atoms with van der Waals surface area (Å²) in [5.74, 6) is -0.0138. The Morgan fingerprint density at radius 2 is 1.87 bits per heavy atom. The lowest BCUT2D eigenvalue weighted by Crippen LogP contribution is -2.37. The fraction of sp³-hybridized carbons (Fsp3) is 0.316. The summed E-state index contributed by atoms with van der Waals surface area (Å²) in [5.41, 5.74) is 2.98. The van der Waals surface area contributed by atoms with Crippen LogP contribution in [0.3, 0.4) is 0 Å². The van der Waals surface area contributed by atoms with Crippen molar-refractivity contribution in [2.75, 3.05) is 11.9 Å². The molecule has 0 aliphatic heterocycles. The van der Waals surface area contributed by atoms with Gasteiger partial charge in [0.25, 0.3) is 0 Å². The summed E-state index contributed by atoms with van der Waals surface area (Å²) in [6.07, 6.45) is 0. The predicted octanol–water partition coefficient (Wildman–Crippen LogP) is 4.50. The minimum atomic E-state index is -0.0138. The maximum atomic E-state index is 12.4. The molecule has 3 nitrogen and oxygen atoms in total. The second-order valence-electron chi connectivity index (χ2n) is 5.99. The molecule has 0 fully saturated rings. The minimum absolute atomic E-state index is 0.0138. The van der Waals surface area contributed by atoms with Gasteiger partial charge in [0.05, 0.1) is 6.54 Å². The first-order chi connectivity index (χ1) is 11.0. The molecule has 0 bridgehead atoms. The summed E-state index contributed by atoms with van der Waals surface area (Å²) >= 11 is 5.95. The number of hydrogen-bond acceptors (Lipinski definition) is 2. The molecule has 0 spiro atoms. The van der Waals surface area contributed by atoms with Crippen molar-refractivity contribution in [3.8, 4) is 0 Å². The number of aryl methyl sites for hydroxylation is 1. The molecule has 1 amide bonds. The highest BCUT2D eigenvalue weighted by atomic mass is 35.5. The Labute approximate surface area is 143 Å². The van der Waals surface area contributed by atoms with E-state index in [9.17, 15) is 4.79 Å². The van der Waals surface area contributed by atoms with E-state index >= 15 is 0 Å². The third-order valence-corrected chi connectivity index (χ3v) is 4.00. The summed E-state index contributed by atoms with van der Waals surface area (Å²) in [6.45, 7) is 7.25. The number of halogens is 1. The van der Waals surface area contributed by atoms with E-state index in [1.807, 2.05) is 37.3 Å². The third kappa shape index (κ3) is 5.38. The molecule has 4 heteroatoms. The van der Waals surface area contributed by atoms with Crippen molar-refractivity contribution in [2.24, 2.45) is 0 Å². The van der Waals surface area contributed by atoms with Gasteiger partial charge in [-0.1, -0.05) is 41.9 Å². The van der Waals surface area contributed by atoms with Crippen molar-refractivity contribution >= 4 is 23.2 Å². The van der Waals surface area contributed by atoms with Crippen LogP contribution in [0.4, 0.5) is 5.69 Å². The quantitative estimate of drug-likeness (QED) is 0.846. The first-order valence-corrected chi connectivity index (χ1v) is 8.17. The van der Waals surface area contributed by atoms with Crippen LogP contribution in [0.15, 0.2) is 48.5 Å². The monoisotopic (exact) mass is 330 g/mol. The molecular weight excluding hydrogens is 308 g/mol. The topological polar surface area (TPSA) is 32.3 Å². The van der Waals surface area contributed by atoms with E-state index in [0.29, 0.717) is 11.6 Å². The van der Waals surface area contributed by atoms with Gasteiger partial charge in [-0.05, 0) is 50.1 Å². The van der Waals surface area contributed by atoms with E-state index in [0.717, 1.165) is 17.8 Å². The Morgan fingerprint density at radius 3 is 2.48 bits per heavy atom. The van der Waals surface area contributed by atoms with Crippen LogP contribution in [0.5, 0.6) is 0 Å². The van der Waals surface area contributed by atoms with E-state index in [1.54, 1.807) is 6.07 Å². The molecule has 0 aliphatic carbocycles. The van der Waals surface area contributed by atoms with Gasteiger partial charge in [-0.25, -0.2) is 0 Å². The predicted molar refractivity (Wildman–Crippen MR) is 96.8 cm³/mol. The summed E-state index contributed by atoms with van der Waals surface area (Å²) in [4.78, 5) is 14.5. The van der Waals surface area contributed by atoms with Crippen LogP contribution >= 0.6 is 11.6 Å². The summed E-state index contributed by atoms with van der Waals surface area (Å²) in [7, 11) is 0. The molecule has 2 aromatic rings. The standard InChI is InChI=1S/C19H23ClN2O/c1-14(2)22(12-16-7-5-4-6-8-16)13-19(23)21-18-10-9-17(20)11-15(18)3/h4-11,14H,12-13H2,1-3H3,(H,21,23). The highest BCUT2D eigenvalue weighted by Crippen LogP contribution is 2.19. The molecule has 0 aliphatic rings. The lowest BCUT2D eigenvalue weighted by Gasteiger charge is -2.26. The highest BCUT2D eigenvalue weighted by molar-refractivity contribution is 6.30. The number of anilines is 1. The van der Waals surface area contributed by atoms with E-state index in [4.69, 9.17) is 11.6 Å². The molecule has 23 heavy (non-hydrogen) atoms. The van der Waals surface area contributed by atoms with Crippen LogP contribution < -0.4 is 5.32 Å². The molecule has 1 N–H and O–H groups in total. The average Bonchev–Trinajstić information content (AvgIpc) is 2.50. The van der Waals surface area contributed by atoms with Gasteiger partial charge in [0, 0.05) is 23.3 Å². The van der Waals surface area contributed by atoms with Crippen LogP contribution in [-0.4, -0.2) is 23.4 Å². The summed E-state index contributed by atoms with van der Waals surface area (Å²) in [5, 5.41) is 3.64. The van der Waals surface area contributed by atoms with E-state index in [1.165, 1.54) is 5.56 Å². The van der Waals surface area contributed by atoms with Gasteiger partial charge in [0.15, 0.2) is 0 Å². The summed E-state index contributed by atoms with van der Waals surface area (Å²) in [6, 6.07) is 16.0. The van der Waals surface area contributed by atoms with Gasteiger partial charge in [-0.15, -0.1) is 0 Å².